The Hall–Kier alpha value is -1.32. The van der Waals surface area contributed by atoms with Crippen LogP contribution in [0.15, 0.2) is 17.1 Å². The Kier molecular flexibility index (Phi) is 2.47. The van der Waals surface area contributed by atoms with Crippen LogP contribution >= 0.6 is 0 Å². The fourth-order valence-corrected chi connectivity index (χ4v) is 0.945. The van der Waals surface area contributed by atoms with E-state index < -0.39 is 0 Å². The van der Waals surface area contributed by atoms with Crippen molar-refractivity contribution in [2.75, 3.05) is 12.4 Å². The monoisotopic (exact) mass is 167 g/mol. The van der Waals surface area contributed by atoms with E-state index in [4.69, 9.17) is 0 Å². The summed E-state index contributed by atoms with van der Waals surface area (Å²) in [5.41, 5.74) is -0.211. The molecule has 1 heterocycles. The van der Waals surface area contributed by atoms with Gasteiger partial charge in [-0.3, -0.25) is 4.57 Å². The maximum absolute atomic E-state index is 11.3. The molecule has 0 radical (unpaired) electrons. The molecule has 0 amide bonds. The van der Waals surface area contributed by atoms with Crippen molar-refractivity contribution >= 4 is 5.82 Å². The summed E-state index contributed by atoms with van der Waals surface area (Å²) in [7, 11) is 1.74. The van der Waals surface area contributed by atoms with E-state index in [0.29, 0.717) is 5.82 Å². The lowest BCUT2D eigenvalue weighted by Crippen LogP contribution is -2.24. The molecule has 0 aromatic carbocycles. The van der Waals surface area contributed by atoms with E-state index in [-0.39, 0.29) is 11.7 Å². The molecular weight excluding hydrogens is 154 g/mol. The van der Waals surface area contributed by atoms with Gasteiger partial charge >= 0.3 is 5.69 Å². The smallest absolute Gasteiger partial charge is 0.349 e. The molecule has 0 fully saturated rings. The third-order valence-corrected chi connectivity index (χ3v) is 1.64. The van der Waals surface area contributed by atoms with Crippen molar-refractivity contribution in [1.82, 2.24) is 9.55 Å². The van der Waals surface area contributed by atoms with Gasteiger partial charge in [-0.1, -0.05) is 0 Å². The van der Waals surface area contributed by atoms with E-state index in [9.17, 15) is 4.79 Å². The van der Waals surface area contributed by atoms with Crippen LogP contribution in [-0.4, -0.2) is 16.6 Å². The highest BCUT2D eigenvalue weighted by Gasteiger charge is 2.00. The zero-order chi connectivity index (χ0) is 9.14. The number of hydrogen-bond donors (Lipinski definition) is 1. The highest BCUT2D eigenvalue weighted by Crippen LogP contribution is 2.01. The molecule has 12 heavy (non-hydrogen) atoms. The molecule has 0 aliphatic heterocycles. The van der Waals surface area contributed by atoms with E-state index in [1.807, 2.05) is 13.8 Å². The van der Waals surface area contributed by atoms with Gasteiger partial charge in [0.2, 0.25) is 0 Å². The van der Waals surface area contributed by atoms with Crippen molar-refractivity contribution in [3.8, 4) is 0 Å². The second-order valence-corrected chi connectivity index (χ2v) is 2.85. The average Bonchev–Trinajstić information content (AvgIpc) is 2.03. The first kappa shape index (κ1) is 8.77. The topological polar surface area (TPSA) is 46.9 Å². The van der Waals surface area contributed by atoms with Crippen molar-refractivity contribution < 1.29 is 0 Å². The minimum atomic E-state index is -0.211. The third kappa shape index (κ3) is 1.64. The molecule has 1 aromatic rings. The van der Waals surface area contributed by atoms with Gasteiger partial charge in [0.25, 0.3) is 0 Å². The first-order valence-corrected chi connectivity index (χ1v) is 3.92. The first-order chi connectivity index (χ1) is 5.65. The summed E-state index contributed by atoms with van der Waals surface area (Å²) in [5, 5.41) is 2.81. The molecule has 66 valence electrons. The predicted molar refractivity (Wildman–Crippen MR) is 48.4 cm³/mol. The highest BCUT2D eigenvalue weighted by atomic mass is 16.1. The van der Waals surface area contributed by atoms with E-state index in [1.165, 1.54) is 0 Å². The van der Waals surface area contributed by atoms with E-state index >= 15 is 0 Å². The maximum atomic E-state index is 11.3. The number of aromatic nitrogens is 2. The van der Waals surface area contributed by atoms with Crippen molar-refractivity contribution in [3.63, 3.8) is 0 Å². The Morgan fingerprint density at radius 1 is 1.58 bits per heavy atom. The number of nitrogens with zero attached hydrogens (tertiary/aromatic N) is 2. The summed E-state index contributed by atoms with van der Waals surface area (Å²) in [6.07, 6.45) is 1.74. The lowest BCUT2D eigenvalue weighted by atomic mass is 10.4. The van der Waals surface area contributed by atoms with Crippen LogP contribution in [0.1, 0.15) is 19.9 Å². The Labute approximate surface area is 71.3 Å². The second kappa shape index (κ2) is 3.38. The molecule has 1 N–H and O–H groups in total. The summed E-state index contributed by atoms with van der Waals surface area (Å²) < 4.78 is 1.58. The Morgan fingerprint density at radius 3 is 2.67 bits per heavy atom. The molecule has 0 unspecified atom stereocenters. The van der Waals surface area contributed by atoms with Gasteiger partial charge in [0.05, 0.1) is 0 Å². The van der Waals surface area contributed by atoms with Crippen molar-refractivity contribution in [3.05, 3.63) is 22.7 Å². The maximum Gasteiger partial charge on any atom is 0.349 e. The fraction of sp³-hybridized carbons (Fsp3) is 0.500. The van der Waals surface area contributed by atoms with Crippen LogP contribution in [0.3, 0.4) is 0 Å². The van der Waals surface area contributed by atoms with Crippen LogP contribution in [-0.2, 0) is 0 Å². The lowest BCUT2D eigenvalue weighted by Gasteiger charge is -2.08. The standard InChI is InChI=1S/C8H13N3O/c1-6(2)11-5-4-7(9-3)10-8(11)12/h4-6H,1-3H3,(H,9,10,12). The average molecular weight is 167 g/mol. The highest BCUT2D eigenvalue weighted by molar-refractivity contribution is 5.30. The van der Waals surface area contributed by atoms with Gasteiger partial charge in [-0.25, -0.2) is 4.79 Å². The van der Waals surface area contributed by atoms with Gasteiger partial charge in [0, 0.05) is 19.3 Å². The molecule has 1 aromatic heterocycles. The first-order valence-electron chi connectivity index (χ1n) is 3.92. The third-order valence-electron chi connectivity index (χ3n) is 1.64. The van der Waals surface area contributed by atoms with Crippen LogP contribution < -0.4 is 11.0 Å². The molecule has 0 aliphatic rings. The van der Waals surface area contributed by atoms with Gasteiger partial charge in [-0.2, -0.15) is 4.98 Å². The van der Waals surface area contributed by atoms with Crippen LogP contribution in [0.2, 0.25) is 0 Å². The van der Waals surface area contributed by atoms with Crippen LogP contribution in [0.4, 0.5) is 5.82 Å². The molecule has 0 atom stereocenters. The number of nitrogens with one attached hydrogen (secondary N) is 1. The molecule has 0 spiro atoms. The van der Waals surface area contributed by atoms with E-state index in [0.717, 1.165) is 0 Å². The normalized spacial score (nSPS) is 10.3. The molecule has 0 aliphatic carbocycles. The van der Waals surface area contributed by atoms with Crippen LogP contribution in [0, 0.1) is 0 Å². The largest absolute Gasteiger partial charge is 0.373 e. The molecule has 4 nitrogen and oxygen atoms in total. The van der Waals surface area contributed by atoms with Crippen molar-refractivity contribution in [1.29, 1.82) is 0 Å². The molecule has 0 bridgehead atoms. The second-order valence-electron chi connectivity index (χ2n) is 2.85. The Balaban J connectivity index is 3.12. The van der Waals surface area contributed by atoms with Crippen LogP contribution in [0.5, 0.6) is 0 Å². The summed E-state index contributed by atoms with van der Waals surface area (Å²) >= 11 is 0. The van der Waals surface area contributed by atoms with E-state index in [1.54, 1.807) is 23.9 Å². The van der Waals surface area contributed by atoms with Crippen molar-refractivity contribution in [2.45, 2.75) is 19.9 Å². The van der Waals surface area contributed by atoms with Gasteiger partial charge in [0.1, 0.15) is 5.82 Å². The molecule has 4 heteroatoms. The van der Waals surface area contributed by atoms with Gasteiger partial charge < -0.3 is 5.32 Å². The van der Waals surface area contributed by atoms with Crippen LogP contribution in [0.25, 0.3) is 0 Å². The molecule has 0 saturated carbocycles. The minimum Gasteiger partial charge on any atom is -0.373 e. The summed E-state index contributed by atoms with van der Waals surface area (Å²) in [4.78, 5) is 15.1. The summed E-state index contributed by atoms with van der Waals surface area (Å²) in [6.45, 7) is 3.89. The number of rotatable bonds is 2. The SMILES string of the molecule is CNc1ccn(C(C)C)c(=O)n1. The number of hydrogen-bond acceptors (Lipinski definition) is 3. The number of anilines is 1. The van der Waals surface area contributed by atoms with Gasteiger partial charge in [-0.05, 0) is 19.9 Å². The van der Waals surface area contributed by atoms with Crippen molar-refractivity contribution in [2.24, 2.45) is 0 Å². The predicted octanol–water partition coefficient (Wildman–Crippen LogP) is 0.866. The van der Waals surface area contributed by atoms with Gasteiger partial charge in [-0.15, -0.1) is 0 Å². The minimum absolute atomic E-state index is 0.163. The van der Waals surface area contributed by atoms with E-state index in [2.05, 4.69) is 10.3 Å². The fourth-order valence-electron chi connectivity index (χ4n) is 0.945. The molecular formula is C8H13N3O. The van der Waals surface area contributed by atoms with Gasteiger partial charge in [0.15, 0.2) is 0 Å². The zero-order valence-corrected chi connectivity index (χ0v) is 7.53. The quantitative estimate of drug-likeness (QED) is 0.710. The zero-order valence-electron chi connectivity index (χ0n) is 7.53. The summed E-state index contributed by atoms with van der Waals surface area (Å²) in [5.74, 6) is 0.608. The molecule has 0 saturated heterocycles. The lowest BCUT2D eigenvalue weighted by molar-refractivity contribution is 0.564. The Bertz CT molecular complexity index is 316. The summed E-state index contributed by atoms with van der Waals surface area (Å²) in [6, 6.07) is 1.94. The Morgan fingerprint density at radius 2 is 2.25 bits per heavy atom. The molecule has 1 rings (SSSR count).